The fourth-order valence-electron chi connectivity index (χ4n) is 1.70. The molecule has 1 aromatic heterocycles. The van der Waals surface area contributed by atoms with Gasteiger partial charge in [-0.2, -0.15) is 0 Å². The third-order valence-corrected chi connectivity index (χ3v) is 3.12. The predicted octanol–water partition coefficient (Wildman–Crippen LogP) is 1.67. The molecule has 100 valence electrons. The number of methoxy groups -OCH3 is 1. The summed E-state index contributed by atoms with van der Waals surface area (Å²) in [5.41, 5.74) is 0.571. The molecule has 18 heavy (non-hydrogen) atoms. The van der Waals surface area contributed by atoms with Crippen molar-refractivity contribution in [3.05, 3.63) is 22.4 Å². The quantitative estimate of drug-likeness (QED) is 0.794. The molecule has 0 aliphatic carbocycles. The third-order valence-electron chi connectivity index (χ3n) is 2.69. The van der Waals surface area contributed by atoms with Crippen molar-refractivity contribution in [1.29, 1.82) is 0 Å². The molecular formula is C12H17BrN2O3. The normalized spacial score (nSPS) is 12.1. The van der Waals surface area contributed by atoms with E-state index in [1.807, 2.05) is 6.20 Å². The first-order valence-electron chi connectivity index (χ1n) is 5.52. The van der Waals surface area contributed by atoms with Crippen LogP contribution in [0.25, 0.3) is 0 Å². The summed E-state index contributed by atoms with van der Waals surface area (Å²) in [5.74, 6) is -0.783. The van der Waals surface area contributed by atoms with Crippen molar-refractivity contribution in [3.63, 3.8) is 0 Å². The molecule has 0 aliphatic heterocycles. The lowest BCUT2D eigenvalue weighted by Gasteiger charge is -2.20. The second-order valence-electron chi connectivity index (χ2n) is 4.26. The Kier molecular flexibility index (Phi) is 4.95. The molecule has 0 bridgehead atoms. The van der Waals surface area contributed by atoms with Gasteiger partial charge in [0.2, 0.25) is 0 Å². The number of rotatable bonds is 4. The second-order valence-corrected chi connectivity index (χ2v) is 5.18. The zero-order valence-corrected chi connectivity index (χ0v) is 12.5. The van der Waals surface area contributed by atoms with Crippen molar-refractivity contribution in [3.8, 4) is 0 Å². The number of amides is 1. The Bertz CT molecular complexity index is 456. The van der Waals surface area contributed by atoms with Gasteiger partial charge in [0.25, 0.3) is 5.91 Å². The molecule has 1 atom stereocenters. The number of nitrogens with zero attached hydrogens (tertiary/aromatic N) is 2. The molecule has 1 unspecified atom stereocenters. The SMILES string of the molecule is COC(=O)C(C)CN(C)C(=O)c1cc(Br)cn1C. The van der Waals surface area contributed by atoms with Gasteiger partial charge < -0.3 is 14.2 Å². The molecule has 1 heterocycles. The first-order valence-corrected chi connectivity index (χ1v) is 6.31. The summed E-state index contributed by atoms with van der Waals surface area (Å²) in [7, 11) is 4.81. The number of hydrogen-bond acceptors (Lipinski definition) is 3. The van der Waals surface area contributed by atoms with Crippen LogP contribution in [0, 0.1) is 5.92 Å². The van der Waals surface area contributed by atoms with E-state index < -0.39 is 0 Å². The average Bonchev–Trinajstić information content (AvgIpc) is 2.66. The monoisotopic (exact) mass is 316 g/mol. The molecule has 0 aliphatic rings. The van der Waals surface area contributed by atoms with Gasteiger partial charge in [0.1, 0.15) is 5.69 Å². The minimum absolute atomic E-state index is 0.126. The summed E-state index contributed by atoms with van der Waals surface area (Å²) in [4.78, 5) is 25.0. The first-order chi connectivity index (χ1) is 8.36. The summed E-state index contributed by atoms with van der Waals surface area (Å²) >= 11 is 3.32. The smallest absolute Gasteiger partial charge is 0.310 e. The van der Waals surface area contributed by atoms with Crippen molar-refractivity contribution in [1.82, 2.24) is 9.47 Å². The van der Waals surface area contributed by atoms with Gasteiger partial charge in [-0.15, -0.1) is 0 Å². The summed E-state index contributed by atoms with van der Waals surface area (Å²) in [5, 5.41) is 0. The molecule has 0 radical (unpaired) electrons. The number of aryl methyl sites for hydroxylation is 1. The number of halogens is 1. The largest absolute Gasteiger partial charge is 0.469 e. The number of aromatic nitrogens is 1. The Hall–Kier alpha value is -1.30. The summed E-state index contributed by atoms with van der Waals surface area (Å²) < 4.78 is 7.23. The van der Waals surface area contributed by atoms with Crippen molar-refractivity contribution in [2.45, 2.75) is 6.92 Å². The van der Waals surface area contributed by atoms with E-state index >= 15 is 0 Å². The van der Waals surface area contributed by atoms with Crippen LogP contribution in [-0.2, 0) is 16.6 Å². The maximum absolute atomic E-state index is 12.2. The molecule has 1 amide bonds. The maximum Gasteiger partial charge on any atom is 0.310 e. The highest BCUT2D eigenvalue weighted by molar-refractivity contribution is 9.10. The number of hydrogen-bond donors (Lipinski definition) is 0. The van der Waals surface area contributed by atoms with Gasteiger partial charge in [0, 0.05) is 31.3 Å². The molecule has 0 saturated carbocycles. The van der Waals surface area contributed by atoms with Crippen molar-refractivity contribution in [2.24, 2.45) is 13.0 Å². The number of ether oxygens (including phenoxy) is 1. The highest BCUT2D eigenvalue weighted by Gasteiger charge is 2.21. The number of carbonyl (C=O) groups excluding carboxylic acids is 2. The van der Waals surface area contributed by atoms with Crippen molar-refractivity contribution >= 4 is 27.8 Å². The molecule has 0 N–H and O–H groups in total. The first kappa shape index (κ1) is 14.8. The van der Waals surface area contributed by atoms with Crippen LogP contribution in [0.3, 0.4) is 0 Å². The minimum atomic E-state index is -0.340. The summed E-state index contributed by atoms with van der Waals surface area (Å²) in [6.07, 6.45) is 1.81. The van der Waals surface area contributed by atoms with E-state index in [0.717, 1.165) is 4.47 Å². The topological polar surface area (TPSA) is 51.5 Å². The second kappa shape index (κ2) is 6.04. The third kappa shape index (κ3) is 3.35. The molecular weight excluding hydrogens is 300 g/mol. The van der Waals surface area contributed by atoms with Gasteiger partial charge in [-0.3, -0.25) is 9.59 Å². The van der Waals surface area contributed by atoms with Gasteiger partial charge in [-0.1, -0.05) is 6.92 Å². The zero-order valence-electron chi connectivity index (χ0n) is 10.9. The minimum Gasteiger partial charge on any atom is -0.469 e. The van der Waals surface area contributed by atoms with Crippen LogP contribution in [0.4, 0.5) is 0 Å². The Balaban J connectivity index is 2.73. The fourth-order valence-corrected chi connectivity index (χ4v) is 2.23. The molecule has 0 saturated heterocycles. The van der Waals surface area contributed by atoms with Crippen LogP contribution in [0.5, 0.6) is 0 Å². The molecule has 5 nitrogen and oxygen atoms in total. The number of esters is 1. The van der Waals surface area contributed by atoms with E-state index in [4.69, 9.17) is 0 Å². The van der Waals surface area contributed by atoms with Gasteiger partial charge in [-0.05, 0) is 22.0 Å². The molecule has 0 aromatic carbocycles. The lowest BCUT2D eigenvalue weighted by atomic mass is 10.1. The van der Waals surface area contributed by atoms with Crippen LogP contribution < -0.4 is 0 Å². The summed E-state index contributed by atoms with van der Waals surface area (Å²) in [6.45, 7) is 2.06. The van der Waals surface area contributed by atoms with E-state index in [-0.39, 0.29) is 17.8 Å². The van der Waals surface area contributed by atoms with Gasteiger partial charge in [0.15, 0.2) is 0 Å². The average molecular weight is 317 g/mol. The van der Waals surface area contributed by atoms with E-state index in [1.54, 1.807) is 31.7 Å². The number of carbonyl (C=O) groups is 2. The zero-order chi connectivity index (χ0) is 13.9. The standard InChI is InChI=1S/C12H17BrN2O3/c1-8(12(17)18-4)6-15(3)11(16)10-5-9(13)7-14(10)2/h5,7-8H,6H2,1-4H3. The van der Waals surface area contributed by atoms with Crippen molar-refractivity contribution in [2.75, 3.05) is 20.7 Å². The molecule has 6 heteroatoms. The Morgan fingerprint density at radius 3 is 2.61 bits per heavy atom. The molecule has 1 rings (SSSR count). The van der Waals surface area contributed by atoms with Crippen molar-refractivity contribution < 1.29 is 14.3 Å². The summed E-state index contributed by atoms with van der Waals surface area (Å²) in [6, 6.07) is 1.75. The lowest BCUT2D eigenvalue weighted by Crippen LogP contribution is -2.35. The van der Waals surface area contributed by atoms with E-state index in [2.05, 4.69) is 20.7 Å². The van der Waals surface area contributed by atoms with E-state index in [9.17, 15) is 9.59 Å². The highest BCUT2D eigenvalue weighted by Crippen LogP contribution is 2.15. The Morgan fingerprint density at radius 1 is 1.56 bits per heavy atom. The maximum atomic E-state index is 12.2. The highest BCUT2D eigenvalue weighted by atomic mass is 79.9. The lowest BCUT2D eigenvalue weighted by molar-refractivity contribution is -0.145. The molecule has 0 fully saturated rings. The predicted molar refractivity (Wildman–Crippen MR) is 71.3 cm³/mol. The molecule has 0 spiro atoms. The van der Waals surface area contributed by atoms with E-state index in [1.165, 1.54) is 12.0 Å². The van der Waals surface area contributed by atoms with Gasteiger partial charge >= 0.3 is 5.97 Å². The van der Waals surface area contributed by atoms with Crippen LogP contribution >= 0.6 is 15.9 Å². The Morgan fingerprint density at radius 2 is 2.17 bits per heavy atom. The van der Waals surface area contributed by atoms with Crippen LogP contribution in [-0.4, -0.2) is 42.0 Å². The van der Waals surface area contributed by atoms with Gasteiger partial charge in [-0.25, -0.2) is 0 Å². The molecule has 1 aromatic rings. The fraction of sp³-hybridized carbons (Fsp3) is 0.500. The van der Waals surface area contributed by atoms with Gasteiger partial charge in [0.05, 0.1) is 13.0 Å². The Labute approximate surface area is 115 Å². The van der Waals surface area contributed by atoms with Crippen LogP contribution in [0.2, 0.25) is 0 Å². The van der Waals surface area contributed by atoms with Crippen LogP contribution in [0.1, 0.15) is 17.4 Å². The van der Waals surface area contributed by atoms with E-state index in [0.29, 0.717) is 12.2 Å². The van der Waals surface area contributed by atoms with Crippen LogP contribution in [0.15, 0.2) is 16.7 Å².